The van der Waals surface area contributed by atoms with E-state index >= 15 is 4.79 Å². The molecule has 408 valence electrons. The normalized spacial score (nSPS) is 25.8. The van der Waals surface area contributed by atoms with Gasteiger partial charge in [-0.2, -0.15) is 0 Å². The van der Waals surface area contributed by atoms with E-state index in [-0.39, 0.29) is 59.2 Å². The minimum absolute atomic E-state index is 0.0114. The zero-order valence-corrected chi connectivity index (χ0v) is 45.2. The first-order valence-electron chi connectivity index (χ1n) is 28.1. The number of aromatic hydroxyl groups is 3. The van der Waals surface area contributed by atoms with E-state index < -0.39 is 35.1 Å². The van der Waals surface area contributed by atoms with Crippen molar-refractivity contribution in [1.29, 1.82) is 0 Å². The molecule has 5 aliphatic carbocycles. The number of phenols is 3. The fourth-order valence-electron chi connectivity index (χ4n) is 15.1. The fourth-order valence-corrected chi connectivity index (χ4v) is 15.1. The van der Waals surface area contributed by atoms with Crippen LogP contribution in [0.5, 0.6) is 28.7 Å². The zero-order valence-electron chi connectivity index (χ0n) is 45.2. The maximum atomic E-state index is 15.8. The van der Waals surface area contributed by atoms with Gasteiger partial charge in [0.25, 0.3) is 0 Å². The molecule has 0 bridgehead atoms. The summed E-state index contributed by atoms with van der Waals surface area (Å²) in [6.07, 6.45) is 7.79. The molecule has 78 heavy (non-hydrogen) atoms. The topological polar surface area (TPSA) is 173 Å². The van der Waals surface area contributed by atoms with Gasteiger partial charge in [0.1, 0.15) is 18.0 Å². The number of rotatable bonds is 16. The highest BCUT2D eigenvalue weighted by Gasteiger charge is 2.65. The van der Waals surface area contributed by atoms with Gasteiger partial charge in [-0.25, -0.2) is 0 Å². The second-order valence-corrected chi connectivity index (χ2v) is 22.6. The van der Waals surface area contributed by atoms with Crippen LogP contribution in [0.15, 0.2) is 115 Å². The molecule has 0 spiro atoms. The molecule has 5 aliphatic rings. The lowest BCUT2D eigenvalue weighted by atomic mass is 9.40. The van der Waals surface area contributed by atoms with Gasteiger partial charge in [-0.05, 0) is 191 Å². The summed E-state index contributed by atoms with van der Waals surface area (Å²) >= 11 is 0. The first-order valence-corrected chi connectivity index (χ1v) is 28.1. The molecule has 0 radical (unpaired) electrons. The summed E-state index contributed by atoms with van der Waals surface area (Å²) in [5.74, 6) is -1.61. The number of phenolic OH excluding ortho intramolecular Hbond substituents is 3. The predicted molar refractivity (Wildman–Crippen MR) is 300 cm³/mol. The minimum atomic E-state index is -0.992. The number of methoxy groups -OCH3 is 2. The number of esters is 2. The van der Waals surface area contributed by atoms with E-state index in [4.69, 9.17) is 23.7 Å². The van der Waals surface area contributed by atoms with E-state index in [0.29, 0.717) is 69.8 Å². The average Bonchev–Trinajstić information content (AvgIpc) is 3.74. The third-order valence-corrected chi connectivity index (χ3v) is 18.4. The van der Waals surface area contributed by atoms with Crippen LogP contribution in [0.1, 0.15) is 116 Å². The standard InChI is InChI=1S/C66H73NO11/c1-5-76-24-12-23-67-38-41-15-11-16-42(25-41)50-32-47(69)26-43-17-18-46(31-49(43)50)65(20-9-10-21-65)64(73)78-48-33-53-51-36-62(75-4)58(71)29-44(51)27-54-57(70)37-55-52-35-59(72)61(74-3)30-45(52)28-56(60(34-48)77-39(2)68)66(55,63(53)54)22-19-40-13-7-6-8-14-40/h6-8,11,13-19,22,25-26,29-32,35-36,48,53-57,60,63,67,69-72H,5,9-10,12,20-21,23-24,27-28,33-34,37-38H2,1-4H3/b22-19+/t48-,53+,54+,55-,56+,57-,60+,63-,66+/m0/s1. The van der Waals surface area contributed by atoms with Crippen LogP contribution in [0.2, 0.25) is 0 Å². The summed E-state index contributed by atoms with van der Waals surface area (Å²) in [4.78, 5) is 29.5. The summed E-state index contributed by atoms with van der Waals surface area (Å²) in [6, 6.07) is 35.6. The molecule has 9 atom stereocenters. The van der Waals surface area contributed by atoms with Crippen LogP contribution in [0.25, 0.3) is 28.0 Å². The molecule has 3 saturated carbocycles. The Kier molecular flexibility index (Phi) is 15.1. The van der Waals surface area contributed by atoms with Gasteiger partial charge < -0.3 is 49.4 Å². The zero-order chi connectivity index (χ0) is 54.3. The predicted octanol–water partition coefficient (Wildman–Crippen LogP) is 11.6. The molecule has 3 fully saturated rings. The maximum absolute atomic E-state index is 15.8. The SMILES string of the molecule is CCOCCCNCc1cccc(-c2cc(O)cc3ccc(C4(C(=O)O[C@H]5C[C@@H]6c7cc(OC)c(O)cc7C[C@H]7[C@H]6[C@@]6(/C=C/c8ccccc8)[C@H](Cc8cc(OC)c(O)cc8[C@@H]6C[C@@H]7O)[C@H](OC(C)=O)C5)CCCC4)cc23)c1. The van der Waals surface area contributed by atoms with Gasteiger partial charge in [-0.1, -0.05) is 85.7 Å². The Bertz CT molecular complexity index is 3220. The molecule has 12 nitrogen and oxygen atoms in total. The number of carbonyl (C=O) groups is 2. The van der Waals surface area contributed by atoms with Gasteiger partial charge in [-0.15, -0.1) is 0 Å². The van der Waals surface area contributed by atoms with Crippen LogP contribution in [0.3, 0.4) is 0 Å². The van der Waals surface area contributed by atoms with Crippen LogP contribution in [0, 0.1) is 23.2 Å². The van der Waals surface area contributed by atoms with Gasteiger partial charge in [0, 0.05) is 44.4 Å². The van der Waals surface area contributed by atoms with Gasteiger partial charge in [0.2, 0.25) is 0 Å². The third kappa shape index (κ3) is 9.78. The highest BCUT2D eigenvalue weighted by Crippen LogP contribution is 2.70. The van der Waals surface area contributed by atoms with Crippen molar-refractivity contribution in [3.05, 3.63) is 154 Å². The van der Waals surface area contributed by atoms with Crippen molar-refractivity contribution in [2.45, 2.75) is 120 Å². The summed E-state index contributed by atoms with van der Waals surface area (Å²) in [5, 5.41) is 52.0. The van der Waals surface area contributed by atoms with Crippen molar-refractivity contribution >= 4 is 28.8 Å². The molecule has 0 amide bonds. The number of hydrogen-bond acceptors (Lipinski definition) is 12. The summed E-state index contributed by atoms with van der Waals surface area (Å²) in [5.41, 5.74) is 6.73. The molecule has 0 unspecified atom stereocenters. The molecule has 6 aromatic carbocycles. The molecule has 0 saturated heterocycles. The van der Waals surface area contributed by atoms with Crippen molar-refractivity contribution in [2.75, 3.05) is 34.0 Å². The van der Waals surface area contributed by atoms with Gasteiger partial charge in [0.05, 0.1) is 25.7 Å². The highest BCUT2D eigenvalue weighted by atomic mass is 16.6. The molecule has 0 aliphatic heterocycles. The van der Waals surface area contributed by atoms with Gasteiger partial charge in [0.15, 0.2) is 23.0 Å². The lowest BCUT2D eigenvalue weighted by Gasteiger charge is -2.64. The van der Waals surface area contributed by atoms with Crippen molar-refractivity contribution in [3.63, 3.8) is 0 Å². The second kappa shape index (κ2) is 22.1. The smallest absolute Gasteiger partial charge is 0.316 e. The van der Waals surface area contributed by atoms with Crippen molar-refractivity contribution < 1.29 is 53.7 Å². The van der Waals surface area contributed by atoms with Crippen LogP contribution in [-0.2, 0) is 48.6 Å². The Morgan fingerprint density at radius 3 is 2.32 bits per heavy atom. The van der Waals surface area contributed by atoms with Gasteiger partial charge in [-0.3, -0.25) is 9.59 Å². The first kappa shape index (κ1) is 53.2. The summed E-state index contributed by atoms with van der Waals surface area (Å²) in [6.45, 7) is 6.36. The second-order valence-electron chi connectivity index (χ2n) is 22.6. The summed E-state index contributed by atoms with van der Waals surface area (Å²) in [7, 11) is 3.07. The number of aliphatic hydroxyl groups excluding tert-OH is 1. The van der Waals surface area contributed by atoms with E-state index in [1.54, 1.807) is 31.4 Å². The molecule has 5 N–H and O–H groups in total. The first-order chi connectivity index (χ1) is 37.8. The Hall–Kier alpha value is -6.86. The van der Waals surface area contributed by atoms with Crippen molar-refractivity contribution in [1.82, 2.24) is 5.32 Å². The van der Waals surface area contributed by atoms with E-state index in [9.17, 15) is 25.2 Å². The molecule has 6 aromatic rings. The molecule has 0 heterocycles. The Labute approximate surface area is 457 Å². The van der Waals surface area contributed by atoms with E-state index in [0.717, 1.165) is 86.7 Å². The molecule has 11 rings (SSSR count). The van der Waals surface area contributed by atoms with Crippen LogP contribution in [0.4, 0.5) is 0 Å². The minimum Gasteiger partial charge on any atom is -0.508 e. The summed E-state index contributed by atoms with van der Waals surface area (Å²) < 4.78 is 30.8. The van der Waals surface area contributed by atoms with Gasteiger partial charge >= 0.3 is 11.9 Å². The number of fused-ring (bicyclic) bond motifs is 5. The number of aliphatic hydroxyl groups is 1. The molecular weight excluding hydrogens is 983 g/mol. The van der Waals surface area contributed by atoms with E-state index in [2.05, 4.69) is 53.9 Å². The van der Waals surface area contributed by atoms with Crippen molar-refractivity contribution in [3.8, 4) is 39.9 Å². The number of allylic oxidation sites excluding steroid dienone is 1. The average molecular weight is 1060 g/mol. The van der Waals surface area contributed by atoms with Crippen LogP contribution < -0.4 is 14.8 Å². The fraction of sp³-hybridized carbons (Fsp3) is 0.424. The number of benzene rings is 6. The Morgan fingerprint density at radius 2 is 1.55 bits per heavy atom. The lowest BCUT2D eigenvalue weighted by molar-refractivity contribution is -0.178. The van der Waals surface area contributed by atoms with E-state index in [1.807, 2.05) is 55.5 Å². The Morgan fingerprint density at radius 1 is 0.782 bits per heavy atom. The number of carbonyl (C=O) groups excluding carboxylic acids is 2. The third-order valence-electron chi connectivity index (χ3n) is 18.4. The van der Waals surface area contributed by atoms with Crippen LogP contribution >= 0.6 is 0 Å². The molecular formula is C66H73NO11. The quantitative estimate of drug-likeness (QED) is 0.0459. The monoisotopic (exact) mass is 1060 g/mol. The van der Waals surface area contributed by atoms with E-state index in [1.165, 1.54) is 14.0 Å². The Balaban J connectivity index is 1.03. The van der Waals surface area contributed by atoms with Crippen molar-refractivity contribution in [2.24, 2.45) is 23.2 Å². The van der Waals surface area contributed by atoms with Crippen LogP contribution in [-0.4, -0.2) is 84.7 Å². The lowest BCUT2D eigenvalue weighted by Crippen LogP contribution is -2.62. The molecule has 0 aromatic heterocycles. The largest absolute Gasteiger partial charge is 0.508 e. The molecule has 12 heteroatoms. The number of nitrogens with one attached hydrogen (secondary N) is 1. The maximum Gasteiger partial charge on any atom is 0.316 e. The number of hydrogen-bond donors (Lipinski definition) is 5. The number of ether oxygens (including phenoxy) is 5. The highest BCUT2D eigenvalue weighted by molar-refractivity contribution is 5.99.